The van der Waals surface area contributed by atoms with E-state index in [1.54, 1.807) is 30.3 Å². The predicted molar refractivity (Wildman–Crippen MR) is 95.9 cm³/mol. The van der Waals surface area contributed by atoms with E-state index in [0.29, 0.717) is 16.8 Å². The Morgan fingerprint density at radius 3 is 2.38 bits per heavy atom. The summed E-state index contributed by atoms with van der Waals surface area (Å²) in [6.45, 7) is 0. The molecule has 3 nitrogen and oxygen atoms in total. The number of para-hydroxylation sites is 2. The van der Waals surface area contributed by atoms with Crippen LogP contribution in [0.3, 0.4) is 0 Å². The monoisotopic (exact) mass is 313 g/mol. The number of hydrogen-bond acceptors (Lipinski definition) is 2. The van der Waals surface area contributed by atoms with Gasteiger partial charge in [0.05, 0.1) is 5.69 Å². The number of aromatic hydroxyl groups is 1. The van der Waals surface area contributed by atoms with E-state index in [1.165, 1.54) is 6.07 Å². The maximum Gasteiger partial charge on any atom is 0.256 e. The molecule has 0 unspecified atom stereocenters. The van der Waals surface area contributed by atoms with Gasteiger partial charge in [0.1, 0.15) is 5.75 Å². The van der Waals surface area contributed by atoms with Crippen molar-refractivity contribution in [1.29, 1.82) is 0 Å². The highest BCUT2D eigenvalue weighted by Crippen LogP contribution is 2.27. The van der Waals surface area contributed by atoms with E-state index in [0.717, 1.165) is 11.1 Å². The number of phenols is 1. The van der Waals surface area contributed by atoms with E-state index in [2.05, 4.69) is 11.2 Å². The Hall–Kier alpha value is -3.51. The lowest BCUT2D eigenvalue weighted by atomic mass is 9.97. The van der Waals surface area contributed by atoms with Gasteiger partial charge < -0.3 is 10.4 Å². The molecule has 1 amide bonds. The molecule has 3 rings (SSSR count). The number of benzene rings is 3. The second kappa shape index (κ2) is 6.72. The van der Waals surface area contributed by atoms with Gasteiger partial charge in [-0.25, -0.2) is 0 Å². The number of anilines is 1. The fourth-order valence-electron chi connectivity index (χ4n) is 2.46. The molecule has 3 heteroatoms. The molecule has 0 heterocycles. The van der Waals surface area contributed by atoms with Gasteiger partial charge in [-0.15, -0.1) is 6.42 Å². The standard InChI is InChI=1S/C21H15NO2/c1-2-15-12-13-17(18(14-15)16-8-4-3-5-9-16)21(24)22-19-10-6-7-11-20(19)23/h1,3-14,23H,(H,22,24). The topological polar surface area (TPSA) is 49.3 Å². The Morgan fingerprint density at radius 1 is 0.958 bits per heavy atom. The van der Waals surface area contributed by atoms with Gasteiger partial charge in [0.2, 0.25) is 0 Å². The molecule has 24 heavy (non-hydrogen) atoms. The number of terminal acetylenes is 1. The smallest absolute Gasteiger partial charge is 0.256 e. The third-order valence-electron chi connectivity index (χ3n) is 3.67. The van der Waals surface area contributed by atoms with Gasteiger partial charge >= 0.3 is 0 Å². The highest BCUT2D eigenvalue weighted by molar-refractivity contribution is 6.09. The molecule has 0 saturated carbocycles. The minimum absolute atomic E-state index is 0.0207. The predicted octanol–water partition coefficient (Wildman–Crippen LogP) is 4.29. The first-order valence-corrected chi connectivity index (χ1v) is 7.44. The van der Waals surface area contributed by atoms with Gasteiger partial charge in [-0.05, 0) is 41.5 Å². The van der Waals surface area contributed by atoms with Crippen LogP contribution >= 0.6 is 0 Å². The minimum atomic E-state index is -0.307. The third-order valence-corrected chi connectivity index (χ3v) is 3.67. The van der Waals surface area contributed by atoms with Gasteiger partial charge in [-0.3, -0.25) is 4.79 Å². The Balaban J connectivity index is 2.03. The Labute approximate surface area is 140 Å². The molecule has 0 aliphatic carbocycles. The average Bonchev–Trinajstić information content (AvgIpc) is 2.63. The quantitative estimate of drug-likeness (QED) is 0.560. The van der Waals surface area contributed by atoms with Crippen molar-refractivity contribution in [2.75, 3.05) is 5.32 Å². The highest BCUT2D eigenvalue weighted by Gasteiger charge is 2.14. The third kappa shape index (κ3) is 3.13. The van der Waals surface area contributed by atoms with Gasteiger partial charge in [0, 0.05) is 11.1 Å². The average molecular weight is 313 g/mol. The molecule has 116 valence electrons. The fraction of sp³-hybridized carbons (Fsp3) is 0. The van der Waals surface area contributed by atoms with Gasteiger partial charge in [-0.1, -0.05) is 48.4 Å². The molecule has 3 aromatic carbocycles. The molecule has 0 atom stereocenters. The minimum Gasteiger partial charge on any atom is -0.506 e. The molecule has 0 saturated heterocycles. The number of nitrogens with one attached hydrogen (secondary N) is 1. The van der Waals surface area contributed by atoms with Crippen molar-refractivity contribution in [2.45, 2.75) is 0 Å². The Kier molecular flexibility index (Phi) is 4.31. The van der Waals surface area contributed by atoms with Crippen molar-refractivity contribution in [2.24, 2.45) is 0 Å². The Morgan fingerprint density at radius 2 is 1.67 bits per heavy atom. The largest absolute Gasteiger partial charge is 0.506 e. The van der Waals surface area contributed by atoms with Crippen LogP contribution in [0.15, 0.2) is 72.8 Å². The van der Waals surface area contributed by atoms with E-state index in [4.69, 9.17) is 6.42 Å². The maximum absolute atomic E-state index is 12.7. The van der Waals surface area contributed by atoms with Gasteiger partial charge in [0.25, 0.3) is 5.91 Å². The van der Waals surface area contributed by atoms with Gasteiger partial charge in [0.15, 0.2) is 0 Å². The van der Waals surface area contributed by atoms with Crippen LogP contribution < -0.4 is 5.32 Å². The molecule has 0 aliphatic rings. The molecule has 0 fully saturated rings. The zero-order valence-corrected chi connectivity index (χ0v) is 12.9. The first-order chi connectivity index (χ1) is 11.7. The maximum atomic E-state index is 12.7. The molecule has 0 radical (unpaired) electrons. The summed E-state index contributed by atoms with van der Waals surface area (Å²) in [5, 5.41) is 12.6. The van der Waals surface area contributed by atoms with Crippen LogP contribution in [0.1, 0.15) is 15.9 Å². The lowest BCUT2D eigenvalue weighted by Crippen LogP contribution is -2.13. The summed E-state index contributed by atoms with van der Waals surface area (Å²) in [5.74, 6) is 2.30. The van der Waals surface area contributed by atoms with E-state index in [9.17, 15) is 9.90 Å². The summed E-state index contributed by atoms with van der Waals surface area (Å²) in [4.78, 5) is 12.7. The van der Waals surface area contributed by atoms with E-state index in [-0.39, 0.29) is 11.7 Å². The first kappa shape index (κ1) is 15.4. The molecule has 2 N–H and O–H groups in total. The molecule has 0 aromatic heterocycles. The van der Waals surface area contributed by atoms with E-state index >= 15 is 0 Å². The van der Waals surface area contributed by atoms with Crippen LogP contribution in [-0.4, -0.2) is 11.0 Å². The van der Waals surface area contributed by atoms with Crippen molar-refractivity contribution >= 4 is 11.6 Å². The van der Waals surface area contributed by atoms with Crippen molar-refractivity contribution in [3.63, 3.8) is 0 Å². The number of amides is 1. The number of hydrogen-bond donors (Lipinski definition) is 2. The molecule has 0 bridgehead atoms. The molecular formula is C21H15NO2. The normalized spacial score (nSPS) is 9.96. The van der Waals surface area contributed by atoms with E-state index in [1.807, 2.05) is 36.4 Å². The van der Waals surface area contributed by atoms with Crippen LogP contribution in [-0.2, 0) is 0 Å². The summed E-state index contributed by atoms with van der Waals surface area (Å²) in [6, 6.07) is 21.4. The molecule has 0 spiro atoms. The second-order valence-corrected chi connectivity index (χ2v) is 5.24. The zero-order valence-electron chi connectivity index (χ0n) is 12.9. The van der Waals surface area contributed by atoms with Gasteiger partial charge in [-0.2, -0.15) is 0 Å². The summed E-state index contributed by atoms with van der Waals surface area (Å²) in [6.07, 6.45) is 5.48. The van der Waals surface area contributed by atoms with Crippen molar-refractivity contribution in [3.05, 3.63) is 83.9 Å². The molecular weight excluding hydrogens is 298 g/mol. The SMILES string of the molecule is C#Cc1ccc(C(=O)Nc2ccccc2O)c(-c2ccccc2)c1. The van der Waals surface area contributed by atoms with E-state index < -0.39 is 0 Å². The van der Waals surface area contributed by atoms with Crippen LogP contribution in [0.5, 0.6) is 5.75 Å². The Bertz CT molecular complexity index is 924. The summed E-state index contributed by atoms with van der Waals surface area (Å²) >= 11 is 0. The molecule has 0 aliphatic heterocycles. The zero-order chi connectivity index (χ0) is 16.9. The summed E-state index contributed by atoms with van der Waals surface area (Å²) in [5.41, 5.74) is 3.20. The second-order valence-electron chi connectivity index (χ2n) is 5.24. The van der Waals surface area contributed by atoms with Crippen LogP contribution in [0.25, 0.3) is 11.1 Å². The van der Waals surface area contributed by atoms with Crippen LogP contribution in [0.4, 0.5) is 5.69 Å². The molecule has 3 aromatic rings. The van der Waals surface area contributed by atoms with Crippen LogP contribution in [0, 0.1) is 12.3 Å². The number of carbonyl (C=O) groups is 1. The lowest BCUT2D eigenvalue weighted by molar-refractivity contribution is 0.102. The summed E-state index contributed by atoms with van der Waals surface area (Å²) < 4.78 is 0. The van der Waals surface area contributed by atoms with Crippen molar-refractivity contribution < 1.29 is 9.90 Å². The highest BCUT2D eigenvalue weighted by atomic mass is 16.3. The van der Waals surface area contributed by atoms with Crippen molar-refractivity contribution in [1.82, 2.24) is 0 Å². The lowest BCUT2D eigenvalue weighted by Gasteiger charge is -2.12. The number of phenolic OH excluding ortho intramolecular Hbond substituents is 1. The number of carbonyl (C=O) groups excluding carboxylic acids is 1. The number of rotatable bonds is 3. The van der Waals surface area contributed by atoms with Crippen LogP contribution in [0.2, 0.25) is 0 Å². The van der Waals surface area contributed by atoms with Crippen molar-refractivity contribution in [3.8, 4) is 29.2 Å². The summed E-state index contributed by atoms with van der Waals surface area (Å²) in [7, 11) is 0. The first-order valence-electron chi connectivity index (χ1n) is 7.44. The fourth-order valence-corrected chi connectivity index (χ4v) is 2.46.